The highest BCUT2D eigenvalue weighted by Crippen LogP contribution is 2.23. The summed E-state index contributed by atoms with van der Waals surface area (Å²) in [7, 11) is -3.17. The van der Waals surface area contributed by atoms with Gasteiger partial charge in [-0.15, -0.1) is 0 Å². The fourth-order valence-corrected chi connectivity index (χ4v) is 4.35. The largest absolute Gasteiger partial charge is 0.289 e. The minimum atomic E-state index is -3.17. The van der Waals surface area contributed by atoms with Crippen LogP contribution in [0.2, 0.25) is 0 Å². The summed E-state index contributed by atoms with van der Waals surface area (Å²) < 4.78 is 25.8. The van der Waals surface area contributed by atoms with E-state index in [-0.39, 0.29) is 11.0 Å². The van der Waals surface area contributed by atoms with Gasteiger partial charge in [-0.2, -0.15) is 4.31 Å². The summed E-state index contributed by atoms with van der Waals surface area (Å²) in [4.78, 5) is 12.3. The minimum Gasteiger partial charge on any atom is -0.289 e. The molecule has 0 amide bonds. The monoisotopic (exact) mass is 329 g/mol. The first-order chi connectivity index (χ1) is 11.0. The van der Waals surface area contributed by atoms with Crippen LogP contribution in [0.25, 0.3) is 0 Å². The molecular weight excluding hydrogens is 310 g/mol. The van der Waals surface area contributed by atoms with Crippen molar-refractivity contribution in [3.05, 3.63) is 71.3 Å². The Morgan fingerprint density at radius 3 is 2.22 bits per heavy atom. The lowest BCUT2D eigenvalue weighted by atomic mass is 10.0. The highest BCUT2D eigenvalue weighted by molar-refractivity contribution is 7.89. The first-order valence-electron chi connectivity index (χ1n) is 7.66. The molecule has 2 aromatic rings. The molecule has 23 heavy (non-hydrogen) atoms. The Bertz CT molecular complexity index is 798. The number of hydrogen-bond donors (Lipinski definition) is 0. The zero-order chi connectivity index (χ0) is 16.4. The van der Waals surface area contributed by atoms with Crippen LogP contribution in [0.5, 0.6) is 0 Å². The number of carbonyl (C=O) groups is 1. The van der Waals surface area contributed by atoms with Gasteiger partial charge in [0.05, 0.1) is 5.25 Å². The molecule has 0 radical (unpaired) electrons. The molecule has 0 bridgehead atoms. The summed E-state index contributed by atoms with van der Waals surface area (Å²) in [5.41, 5.74) is 2.15. The lowest BCUT2D eigenvalue weighted by molar-refractivity contribution is 0.103. The van der Waals surface area contributed by atoms with Crippen LogP contribution in [-0.4, -0.2) is 30.3 Å². The molecule has 1 aliphatic rings. The Balaban J connectivity index is 1.74. The third kappa shape index (κ3) is 3.21. The first-order valence-corrected chi connectivity index (χ1v) is 9.16. The van der Waals surface area contributed by atoms with Gasteiger partial charge in [-0.3, -0.25) is 4.79 Å². The van der Waals surface area contributed by atoms with Crippen LogP contribution in [0.4, 0.5) is 0 Å². The molecule has 4 nitrogen and oxygen atoms in total. The van der Waals surface area contributed by atoms with Crippen LogP contribution < -0.4 is 0 Å². The number of hydrogen-bond acceptors (Lipinski definition) is 3. The minimum absolute atomic E-state index is 0.0282. The van der Waals surface area contributed by atoms with E-state index in [0.29, 0.717) is 30.6 Å². The molecule has 1 heterocycles. The van der Waals surface area contributed by atoms with Gasteiger partial charge in [0.15, 0.2) is 5.78 Å². The van der Waals surface area contributed by atoms with Gasteiger partial charge >= 0.3 is 0 Å². The van der Waals surface area contributed by atoms with Gasteiger partial charge < -0.3 is 0 Å². The standard InChI is InChI=1S/C18H19NO3S/c1-14-11-12-19(23(14,21)22)13-15-7-9-17(10-8-15)18(20)16-5-3-2-4-6-16/h2-10,14H,11-13H2,1H3. The Kier molecular flexibility index (Phi) is 4.33. The molecule has 0 spiro atoms. The predicted octanol–water partition coefficient (Wildman–Crippen LogP) is 2.84. The normalized spacial score (nSPS) is 20.5. The van der Waals surface area contributed by atoms with E-state index >= 15 is 0 Å². The highest BCUT2D eigenvalue weighted by Gasteiger charge is 2.35. The highest BCUT2D eigenvalue weighted by atomic mass is 32.2. The van der Waals surface area contributed by atoms with E-state index in [1.807, 2.05) is 30.3 Å². The van der Waals surface area contributed by atoms with Crippen molar-refractivity contribution in [1.29, 1.82) is 0 Å². The summed E-state index contributed by atoms with van der Waals surface area (Å²) in [6.45, 7) is 2.68. The van der Waals surface area contributed by atoms with Crippen LogP contribution >= 0.6 is 0 Å². The van der Waals surface area contributed by atoms with Crippen LogP contribution in [0, 0.1) is 0 Å². The zero-order valence-electron chi connectivity index (χ0n) is 13.0. The second-order valence-electron chi connectivity index (χ2n) is 5.87. The molecule has 0 aromatic heterocycles. The lowest BCUT2D eigenvalue weighted by Gasteiger charge is -2.15. The molecule has 1 unspecified atom stereocenters. The Morgan fingerprint density at radius 2 is 1.65 bits per heavy atom. The topological polar surface area (TPSA) is 54.5 Å². The van der Waals surface area contributed by atoms with Gasteiger partial charge in [0.1, 0.15) is 0 Å². The maximum Gasteiger partial charge on any atom is 0.217 e. The van der Waals surface area contributed by atoms with E-state index in [2.05, 4.69) is 0 Å². The van der Waals surface area contributed by atoms with Crippen LogP contribution in [0.1, 0.15) is 34.8 Å². The average Bonchev–Trinajstić information content (AvgIpc) is 2.82. The number of sulfonamides is 1. The third-order valence-electron chi connectivity index (χ3n) is 4.26. The van der Waals surface area contributed by atoms with E-state index < -0.39 is 10.0 Å². The van der Waals surface area contributed by atoms with E-state index in [0.717, 1.165) is 5.56 Å². The third-order valence-corrected chi connectivity index (χ3v) is 6.55. The summed E-state index contributed by atoms with van der Waals surface area (Å²) in [5.74, 6) is -0.0282. The molecule has 2 aromatic carbocycles. The molecular formula is C18H19NO3S. The van der Waals surface area contributed by atoms with Gasteiger partial charge in [0.2, 0.25) is 10.0 Å². The summed E-state index contributed by atoms with van der Waals surface area (Å²) in [5, 5.41) is -0.304. The average molecular weight is 329 g/mol. The van der Waals surface area contributed by atoms with Crippen molar-refractivity contribution >= 4 is 15.8 Å². The molecule has 0 aliphatic carbocycles. The van der Waals surface area contributed by atoms with Crippen molar-refractivity contribution in [3.63, 3.8) is 0 Å². The Morgan fingerprint density at radius 1 is 1.04 bits per heavy atom. The number of benzene rings is 2. The van der Waals surface area contributed by atoms with Gasteiger partial charge in [-0.05, 0) is 18.9 Å². The van der Waals surface area contributed by atoms with Crippen LogP contribution in [0.15, 0.2) is 54.6 Å². The van der Waals surface area contributed by atoms with E-state index in [4.69, 9.17) is 0 Å². The Labute approximate surface area is 136 Å². The SMILES string of the molecule is CC1CCN(Cc2ccc(C(=O)c3ccccc3)cc2)S1(=O)=O. The maximum atomic E-state index is 12.3. The van der Waals surface area contributed by atoms with Gasteiger partial charge in [0.25, 0.3) is 0 Å². The van der Waals surface area contributed by atoms with E-state index in [1.54, 1.807) is 31.2 Å². The first kappa shape index (κ1) is 15.9. The van der Waals surface area contributed by atoms with Gasteiger partial charge in [0, 0.05) is 24.2 Å². The number of nitrogens with zero attached hydrogens (tertiary/aromatic N) is 1. The molecule has 1 saturated heterocycles. The van der Waals surface area contributed by atoms with Crippen molar-refractivity contribution in [1.82, 2.24) is 4.31 Å². The number of carbonyl (C=O) groups excluding carboxylic acids is 1. The summed E-state index contributed by atoms with van der Waals surface area (Å²) in [6.07, 6.45) is 0.674. The number of ketones is 1. The lowest BCUT2D eigenvalue weighted by Crippen LogP contribution is -2.27. The van der Waals surface area contributed by atoms with Crippen LogP contribution in [-0.2, 0) is 16.6 Å². The van der Waals surface area contributed by atoms with Crippen molar-refractivity contribution in [2.75, 3.05) is 6.54 Å². The predicted molar refractivity (Wildman–Crippen MR) is 89.7 cm³/mol. The zero-order valence-corrected chi connectivity index (χ0v) is 13.8. The molecule has 1 aliphatic heterocycles. The Hall–Kier alpha value is -1.98. The molecule has 0 saturated carbocycles. The fraction of sp³-hybridized carbons (Fsp3) is 0.278. The molecule has 5 heteroatoms. The second kappa shape index (κ2) is 6.26. The quantitative estimate of drug-likeness (QED) is 0.811. The second-order valence-corrected chi connectivity index (χ2v) is 8.22. The smallest absolute Gasteiger partial charge is 0.217 e. The van der Waals surface area contributed by atoms with Gasteiger partial charge in [-0.1, -0.05) is 54.6 Å². The molecule has 3 rings (SSSR count). The number of rotatable bonds is 4. The van der Waals surface area contributed by atoms with Crippen molar-refractivity contribution < 1.29 is 13.2 Å². The molecule has 0 N–H and O–H groups in total. The van der Waals surface area contributed by atoms with E-state index in [1.165, 1.54) is 4.31 Å². The summed E-state index contributed by atoms with van der Waals surface area (Å²) >= 11 is 0. The van der Waals surface area contributed by atoms with Crippen LogP contribution in [0.3, 0.4) is 0 Å². The van der Waals surface area contributed by atoms with Crippen molar-refractivity contribution in [2.45, 2.75) is 25.1 Å². The molecule has 120 valence electrons. The van der Waals surface area contributed by atoms with Crippen molar-refractivity contribution in [3.8, 4) is 0 Å². The van der Waals surface area contributed by atoms with Gasteiger partial charge in [-0.25, -0.2) is 8.42 Å². The van der Waals surface area contributed by atoms with E-state index in [9.17, 15) is 13.2 Å². The van der Waals surface area contributed by atoms with Crippen molar-refractivity contribution in [2.24, 2.45) is 0 Å². The maximum absolute atomic E-state index is 12.3. The molecule has 1 fully saturated rings. The summed E-state index contributed by atoms with van der Waals surface area (Å²) in [6, 6.07) is 16.3. The fourth-order valence-electron chi connectivity index (χ4n) is 2.75. The molecule has 1 atom stereocenters.